The Morgan fingerprint density at radius 3 is 2.49 bits per heavy atom. The quantitative estimate of drug-likeness (QED) is 0.348. The van der Waals surface area contributed by atoms with Crippen LogP contribution < -0.4 is 15.8 Å². The smallest absolute Gasteiger partial charge is 0.433 e. The standard InChI is InChI=1S/C24H20F3N3O4S/c1-11-4-5-14(8-12(11)2)33-10-15-6-7-16(34-15)22(32)30-19-18-13(3)9-17(24(25,26)27)29-23(18)35-20(19)21(28)31/h4-9H,10H2,1-3H3,(H2,28,31)(H,30,32). The van der Waals surface area contributed by atoms with Crippen LogP contribution in [-0.2, 0) is 12.8 Å². The molecule has 0 unspecified atom stereocenters. The van der Waals surface area contributed by atoms with Crippen molar-refractivity contribution in [2.24, 2.45) is 5.73 Å². The molecule has 7 nitrogen and oxygen atoms in total. The number of rotatable bonds is 6. The van der Waals surface area contributed by atoms with E-state index in [1.54, 1.807) is 6.07 Å². The third-order valence-electron chi connectivity index (χ3n) is 5.36. The number of alkyl halides is 3. The first-order chi connectivity index (χ1) is 16.4. The molecular formula is C24H20F3N3O4S. The number of halogens is 3. The van der Waals surface area contributed by atoms with Gasteiger partial charge in [0.25, 0.3) is 11.8 Å². The topological polar surface area (TPSA) is 107 Å². The number of furan rings is 1. The third kappa shape index (κ3) is 4.99. The van der Waals surface area contributed by atoms with E-state index in [0.29, 0.717) is 22.8 Å². The zero-order chi connectivity index (χ0) is 25.5. The molecule has 0 aliphatic heterocycles. The van der Waals surface area contributed by atoms with Crippen molar-refractivity contribution in [3.8, 4) is 5.75 Å². The number of carbonyl (C=O) groups excluding carboxylic acids is 2. The van der Waals surface area contributed by atoms with E-state index in [1.165, 1.54) is 13.0 Å². The first-order valence-corrected chi connectivity index (χ1v) is 11.2. The summed E-state index contributed by atoms with van der Waals surface area (Å²) in [6, 6.07) is 9.50. The number of hydrogen-bond donors (Lipinski definition) is 2. The molecule has 11 heteroatoms. The fourth-order valence-corrected chi connectivity index (χ4v) is 4.49. The Morgan fingerprint density at radius 1 is 1.09 bits per heavy atom. The van der Waals surface area contributed by atoms with Crippen LogP contribution >= 0.6 is 11.3 Å². The monoisotopic (exact) mass is 503 g/mol. The zero-order valence-corrected chi connectivity index (χ0v) is 19.7. The minimum Gasteiger partial charge on any atom is -0.486 e. The molecule has 0 spiro atoms. The third-order valence-corrected chi connectivity index (χ3v) is 6.46. The lowest BCUT2D eigenvalue weighted by Gasteiger charge is -2.09. The van der Waals surface area contributed by atoms with E-state index >= 15 is 0 Å². The minimum atomic E-state index is -4.66. The Labute approximate surface area is 201 Å². The number of thiophene rings is 1. The van der Waals surface area contributed by atoms with Gasteiger partial charge < -0.3 is 20.2 Å². The molecule has 4 rings (SSSR count). The summed E-state index contributed by atoms with van der Waals surface area (Å²) >= 11 is 0.676. The van der Waals surface area contributed by atoms with Crippen molar-refractivity contribution in [1.29, 1.82) is 0 Å². The SMILES string of the molecule is Cc1ccc(OCc2ccc(C(=O)Nc3c(C(N)=O)sc4nc(C(F)(F)F)cc(C)c34)o2)cc1C. The van der Waals surface area contributed by atoms with Crippen LogP contribution in [0.5, 0.6) is 5.75 Å². The average molecular weight is 504 g/mol. The summed E-state index contributed by atoms with van der Waals surface area (Å²) in [5.74, 6) is -0.656. The van der Waals surface area contributed by atoms with Gasteiger partial charge in [0.1, 0.15) is 33.5 Å². The molecule has 0 aliphatic rings. The van der Waals surface area contributed by atoms with Gasteiger partial charge in [0.15, 0.2) is 5.76 Å². The van der Waals surface area contributed by atoms with Crippen molar-refractivity contribution >= 4 is 39.1 Å². The summed E-state index contributed by atoms with van der Waals surface area (Å²) < 4.78 is 50.8. The molecule has 3 N–H and O–H groups in total. The second-order valence-corrected chi connectivity index (χ2v) is 8.93. The van der Waals surface area contributed by atoms with Crippen molar-refractivity contribution in [2.75, 3.05) is 5.32 Å². The van der Waals surface area contributed by atoms with Gasteiger partial charge in [-0.1, -0.05) is 6.07 Å². The number of aromatic nitrogens is 1. The van der Waals surface area contributed by atoms with Gasteiger partial charge in [-0.3, -0.25) is 9.59 Å². The van der Waals surface area contributed by atoms with Crippen LogP contribution in [-0.4, -0.2) is 16.8 Å². The molecule has 0 aliphatic carbocycles. The summed E-state index contributed by atoms with van der Waals surface area (Å²) in [4.78, 5) is 28.2. The maximum atomic E-state index is 13.2. The first kappa shape index (κ1) is 24.3. The number of primary amides is 1. The largest absolute Gasteiger partial charge is 0.486 e. The zero-order valence-electron chi connectivity index (χ0n) is 18.9. The highest BCUT2D eigenvalue weighted by Crippen LogP contribution is 2.40. The van der Waals surface area contributed by atoms with E-state index < -0.39 is 23.7 Å². The highest BCUT2D eigenvalue weighted by atomic mass is 32.1. The van der Waals surface area contributed by atoms with Gasteiger partial charge >= 0.3 is 6.18 Å². The number of ether oxygens (including phenoxy) is 1. The Bertz CT molecular complexity index is 1460. The summed E-state index contributed by atoms with van der Waals surface area (Å²) in [6.07, 6.45) is -4.66. The lowest BCUT2D eigenvalue weighted by molar-refractivity contribution is -0.141. The van der Waals surface area contributed by atoms with Crippen LogP contribution in [0, 0.1) is 20.8 Å². The van der Waals surface area contributed by atoms with Crippen molar-refractivity contribution in [1.82, 2.24) is 4.98 Å². The Kier molecular flexibility index (Phi) is 6.28. The maximum Gasteiger partial charge on any atom is 0.433 e. The highest BCUT2D eigenvalue weighted by molar-refractivity contribution is 7.21. The fourth-order valence-electron chi connectivity index (χ4n) is 3.43. The molecule has 0 saturated carbocycles. The van der Waals surface area contributed by atoms with Crippen LogP contribution in [0.4, 0.5) is 18.9 Å². The molecule has 0 radical (unpaired) electrons. The molecule has 3 aromatic heterocycles. The van der Waals surface area contributed by atoms with Gasteiger partial charge in [-0.2, -0.15) is 13.2 Å². The summed E-state index contributed by atoms with van der Waals surface area (Å²) in [5.41, 5.74) is 6.69. The van der Waals surface area contributed by atoms with Gasteiger partial charge in [-0.25, -0.2) is 4.98 Å². The summed E-state index contributed by atoms with van der Waals surface area (Å²) in [6.45, 7) is 5.46. The van der Waals surface area contributed by atoms with Crippen LogP contribution in [0.15, 0.2) is 40.8 Å². The van der Waals surface area contributed by atoms with Gasteiger partial charge in [0.05, 0.1) is 5.69 Å². The normalized spacial score (nSPS) is 11.6. The Hall–Kier alpha value is -3.86. The second kappa shape index (κ2) is 9.06. The Balaban J connectivity index is 1.58. The number of hydrogen-bond acceptors (Lipinski definition) is 6. The molecule has 0 fully saturated rings. The lowest BCUT2D eigenvalue weighted by Crippen LogP contribution is -2.16. The van der Waals surface area contributed by atoms with E-state index in [4.69, 9.17) is 14.9 Å². The number of nitrogens with zero attached hydrogens (tertiary/aromatic N) is 1. The number of anilines is 1. The van der Waals surface area contributed by atoms with Crippen LogP contribution in [0.3, 0.4) is 0 Å². The molecule has 0 saturated heterocycles. The van der Waals surface area contributed by atoms with E-state index in [1.807, 2.05) is 32.0 Å². The molecule has 0 bridgehead atoms. The molecule has 2 amide bonds. The molecule has 4 aromatic rings. The first-order valence-electron chi connectivity index (χ1n) is 10.4. The number of amides is 2. The van der Waals surface area contributed by atoms with Crippen LogP contribution in [0.1, 0.15) is 48.4 Å². The van der Waals surface area contributed by atoms with Gasteiger partial charge in [0.2, 0.25) is 0 Å². The van der Waals surface area contributed by atoms with E-state index in [2.05, 4.69) is 10.3 Å². The van der Waals surface area contributed by atoms with Crippen LogP contribution in [0.2, 0.25) is 0 Å². The average Bonchev–Trinajstić information content (AvgIpc) is 3.39. The molecular weight excluding hydrogens is 483 g/mol. The van der Waals surface area contributed by atoms with E-state index in [0.717, 1.165) is 17.2 Å². The van der Waals surface area contributed by atoms with Crippen molar-refractivity contribution in [3.05, 3.63) is 75.2 Å². The Morgan fingerprint density at radius 2 is 1.83 bits per heavy atom. The summed E-state index contributed by atoms with van der Waals surface area (Å²) in [7, 11) is 0. The minimum absolute atomic E-state index is 0.00875. The molecule has 0 atom stereocenters. The number of aryl methyl sites for hydroxylation is 3. The number of fused-ring (bicyclic) bond motifs is 1. The number of nitrogens with two attached hydrogens (primary N) is 1. The molecule has 1 aromatic carbocycles. The van der Waals surface area contributed by atoms with E-state index in [9.17, 15) is 22.8 Å². The van der Waals surface area contributed by atoms with Gasteiger partial charge in [-0.15, -0.1) is 11.3 Å². The molecule has 35 heavy (non-hydrogen) atoms. The molecule has 182 valence electrons. The number of pyridine rings is 1. The van der Waals surface area contributed by atoms with Crippen molar-refractivity contribution in [3.63, 3.8) is 0 Å². The number of carbonyl (C=O) groups is 2. The summed E-state index contributed by atoms with van der Waals surface area (Å²) in [5, 5.41) is 2.75. The highest BCUT2D eigenvalue weighted by Gasteiger charge is 2.34. The number of nitrogens with one attached hydrogen (secondary N) is 1. The van der Waals surface area contributed by atoms with Crippen molar-refractivity contribution in [2.45, 2.75) is 33.6 Å². The van der Waals surface area contributed by atoms with Crippen molar-refractivity contribution < 1.29 is 31.9 Å². The maximum absolute atomic E-state index is 13.2. The second-order valence-electron chi connectivity index (χ2n) is 7.93. The predicted molar refractivity (Wildman–Crippen MR) is 125 cm³/mol. The fraction of sp³-hybridized carbons (Fsp3) is 0.208. The number of benzene rings is 1. The van der Waals surface area contributed by atoms with E-state index in [-0.39, 0.29) is 38.7 Å². The molecule has 3 heterocycles. The lowest BCUT2D eigenvalue weighted by atomic mass is 10.1. The van der Waals surface area contributed by atoms with Crippen LogP contribution in [0.25, 0.3) is 10.2 Å². The predicted octanol–water partition coefficient (Wildman–Crippen LogP) is 5.76. The van der Waals surface area contributed by atoms with Gasteiger partial charge in [-0.05, 0) is 67.8 Å². The van der Waals surface area contributed by atoms with Gasteiger partial charge in [0, 0.05) is 5.39 Å².